The van der Waals surface area contributed by atoms with Gasteiger partial charge in [-0.15, -0.1) is 0 Å². The van der Waals surface area contributed by atoms with Gasteiger partial charge < -0.3 is 10.2 Å². The largest absolute Gasteiger partial charge is 0.507 e. The van der Waals surface area contributed by atoms with Crippen LogP contribution in [0.25, 0.3) is 0 Å². The first-order chi connectivity index (χ1) is 13.4. The molecule has 3 aromatic rings. The highest BCUT2D eigenvalue weighted by molar-refractivity contribution is 5.83. The van der Waals surface area contributed by atoms with Crippen LogP contribution in [0.2, 0.25) is 0 Å². The van der Waals surface area contributed by atoms with Gasteiger partial charge in [-0.1, -0.05) is 74.5 Å². The van der Waals surface area contributed by atoms with Crippen LogP contribution < -0.4 is 0 Å². The number of phenolic OH excluding ortho intramolecular Hbond substituents is 1. The highest BCUT2D eigenvalue weighted by atomic mass is 19.1. The topological polar surface area (TPSA) is 52.8 Å². The molecule has 0 unspecified atom stereocenters. The lowest BCUT2D eigenvalue weighted by molar-refractivity contribution is 0.0366. The van der Waals surface area contributed by atoms with Gasteiger partial charge in [-0.25, -0.2) is 4.39 Å². The van der Waals surface area contributed by atoms with Gasteiger partial charge in [-0.2, -0.15) is 0 Å². The number of hydrogen-bond acceptors (Lipinski definition) is 3. The summed E-state index contributed by atoms with van der Waals surface area (Å²) in [6.07, 6.45) is 1.43. The zero-order valence-corrected chi connectivity index (χ0v) is 16.0. The molecule has 0 aromatic heterocycles. The smallest absolute Gasteiger partial charge is 0.137 e. The summed E-state index contributed by atoms with van der Waals surface area (Å²) in [5.74, 6) is -0.547. The first-order valence-electron chi connectivity index (χ1n) is 9.28. The molecule has 3 rings (SSSR count). The first-order valence-corrected chi connectivity index (χ1v) is 9.28. The molecule has 144 valence electrons. The molecule has 3 aromatic carbocycles. The maximum Gasteiger partial charge on any atom is 0.137 e. The third-order valence-electron chi connectivity index (χ3n) is 4.85. The number of aliphatic imine (C=N–C) groups is 1. The summed E-state index contributed by atoms with van der Waals surface area (Å²) in [4.78, 5) is 4.62. The van der Waals surface area contributed by atoms with Crippen LogP contribution in [0.3, 0.4) is 0 Å². The second kappa shape index (κ2) is 8.36. The van der Waals surface area contributed by atoms with Gasteiger partial charge in [-0.3, -0.25) is 4.99 Å². The third-order valence-corrected chi connectivity index (χ3v) is 4.85. The van der Waals surface area contributed by atoms with Gasteiger partial charge in [0.1, 0.15) is 17.2 Å². The SMILES string of the molecule is CC(C)[C@H](N=Cc1cc(F)ccc1O)C(O)(c1ccccc1)c1ccccc1. The predicted molar refractivity (Wildman–Crippen MR) is 110 cm³/mol. The average molecular weight is 377 g/mol. The summed E-state index contributed by atoms with van der Waals surface area (Å²) >= 11 is 0. The summed E-state index contributed by atoms with van der Waals surface area (Å²) < 4.78 is 13.6. The lowest BCUT2D eigenvalue weighted by atomic mass is 9.76. The van der Waals surface area contributed by atoms with Crippen LogP contribution in [0.4, 0.5) is 4.39 Å². The predicted octanol–water partition coefficient (Wildman–Crippen LogP) is 4.91. The van der Waals surface area contributed by atoms with Gasteiger partial charge in [0.05, 0.1) is 6.04 Å². The van der Waals surface area contributed by atoms with Gasteiger partial charge in [0, 0.05) is 11.8 Å². The minimum atomic E-state index is -1.38. The number of benzene rings is 3. The Morgan fingerprint density at radius 3 is 1.93 bits per heavy atom. The standard InChI is InChI=1S/C24H24FNO2/c1-17(2)23(26-16-18-15-21(25)13-14-22(18)27)24(28,19-9-5-3-6-10-19)20-11-7-4-8-12-20/h3-17,23,27-28H,1-2H3/t23-/m0/s1. The van der Waals surface area contributed by atoms with Crippen molar-refractivity contribution in [2.75, 3.05) is 0 Å². The van der Waals surface area contributed by atoms with E-state index in [-0.39, 0.29) is 17.2 Å². The summed E-state index contributed by atoms with van der Waals surface area (Å²) in [6, 6.07) is 21.9. The molecule has 28 heavy (non-hydrogen) atoms. The first kappa shape index (κ1) is 19.8. The molecular formula is C24H24FNO2. The highest BCUT2D eigenvalue weighted by Crippen LogP contribution is 2.38. The van der Waals surface area contributed by atoms with Gasteiger partial charge in [0.2, 0.25) is 0 Å². The lowest BCUT2D eigenvalue weighted by Crippen LogP contribution is -2.42. The Hall–Kier alpha value is -2.98. The van der Waals surface area contributed by atoms with Gasteiger partial charge >= 0.3 is 0 Å². The van der Waals surface area contributed by atoms with E-state index in [1.165, 1.54) is 24.4 Å². The Labute approximate surface area is 164 Å². The van der Waals surface area contributed by atoms with Crippen molar-refractivity contribution >= 4 is 6.21 Å². The fourth-order valence-corrected chi connectivity index (χ4v) is 3.44. The minimum Gasteiger partial charge on any atom is -0.507 e. The molecule has 0 radical (unpaired) electrons. The Bertz CT molecular complexity index is 900. The number of aromatic hydroxyl groups is 1. The van der Waals surface area contributed by atoms with Crippen molar-refractivity contribution < 1.29 is 14.6 Å². The molecule has 0 saturated heterocycles. The molecule has 0 aliphatic heterocycles. The fourth-order valence-electron chi connectivity index (χ4n) is 3.44. The average Bonchev–Trinajstić information content (AvgIpc) is 2.71. The van der Waals surface area contributed by atoms with Crippen molar-refractivity contribution in [1.29, 1.82) is 0 Å². The van der Waals surface area contributed by atoms with Crippen LogP contribution in [0.5, 0.6) is 5.75 Å². The molecule has 0 spiro atoms. The molecule has 2 N–H and O–H groups in total. The number of aliphatic hydroxyl groups is 1. The zero-order chi connectivity index (χ0) is 20.1. The van der Waals surface area contributed by atoms with Crippen molar-refractivity contribution in [2.24, 2.45) is 10.9 Å². The summed E-state index contributed by atoms with van der Waals surface area (Å²) in [5, 5.41) is 21.9. The monoisotopic (exact) mass is 377 g/mol. The van der Waals surface area contributed by atoms with Crippen molar-refractivity contribution in [2.45, 2.75) is 25.5 Å². The van der Waals surface area contributed by atoms with Crippen LogP contribution in [0.15, 0.2) is 83.9 Å². The Balaban J connectivity index is 2.12. The van der Waals surface area contributed by atoms with E-state index in [9.17, 15) is 14.6 Å². The second-order valence-electron chi connectivity index (χ2n) is 7.17. The number of nitrogens with zero attached hydrogens (tertiary/aromatic N) is 1. The van der Waals surface area contributed by atoms with Crippen LogP contribution in [-0.4, -0.2) is 22.5 Å². The van der Waals surface area contributed by atoms with Crippen molar-refractivity contribution in [3.05, 3.63) is 101 Å². The van der Waals surface area contributed by atoms with Crippen LogP contribution >= 0.6 is 0 Å². The third kappa shape index (κ3) is 3.97. The molecule has 1 atom stereocenters. The quantitative estimate of drug-likeness (QED) is 0.600. The normalized spacial score (nSPS) is 13.2. The highest BCUT2D eigenvalue weighted by Gasteiger charge is 2.41. The van der Waals surface area contributed by atoms with Gasteiger partial charge in [0.15, 0.2) is 0 Å². The summed E-state index contributed by atoms with van der Waals surface area (Å²) in [5.41, 5.74) is 0.339. The molecule has 0 aliphatic carbocycles. The van der Waals surface area contributed by atoms with Crippen molar-refractivity contribution in [3.63, 3.8) is 0 Å². The van der Waals surface area contributed by atoms with E-state index in [1.54, 1.807) is 0 Å². The van der Waals surface area contributed by atoms with Crippen LogP contribution in [0, 0.1) is 11.7 Å². The lowest BCUT2D eigenvalue weighted by Gasteiger charge is -2.37. The molecule has 0 heterocycles. The second-order valence-corrected chi connectivity index (χ2v) is 7.17. The van der Waals surface area contributed by atoms with E-state index < -0.39 is 17.5 Å². The Kier molecular flexibility index (Phi) is 5.90. The molecule has 0 bridgehead atoms. The maximum absolute atomic E-state index is 13.6. The van der Waals surface area contributed by atoms with Gasteiger partial charge in [0.25, 0.3) is 0 Å². The van der Waals surface area contributed by atoms with E-state index in [4.69, 9.17) is 0 Å². The van der Waals surface area contributed by atoms with Crippen LogP contribution in [0.1, 0.15) is 30.5 Å². The molecule has 4 heteroatoms. The molecule has 0 amide bonds. The molecule has 3 nitrogen and oxygen atoms in total. The molecule has 0 fully saturated rings. The zero-order valence-electron chi connectivity index (χ0n) is 16.0. The fraction of sp³-hybridized carbons (Fsp3) is 0.208. The molecule has 0 aliphatic rings. The van der Waals surface area contributed by atoms with E-state index in [1.807, 2.05) is 74.5 Å². The number of phenols is 1. The number of rotatable bonds is 6. The van der Waals surface area contributed by atoms with E-state index >= 15 is 0 Å². The number of hydrogen-bond donors (Lipinski definition) is 2. The van der Waals surface area contributed by atoms with Crippen LogP contribution in [-0.2, 0) is 5.60 Å². The molecule has 0 saturated carbocycles. The van der Waals surface area contributed by atoms with Crippen molar-refractivity contribution in [3.8, 4) is 5.75 Å². The van der Waals surface area contributed by atoms with E-state index in [0.29, 0.717) is 0 Å². The van der Waals surface area contributed by atoms with Gasteiger partial charge in [-0.05, 0) is 35.2 Å². The van der Waals surface area contributed by atoms with E-state index in [2.05, 4.69) is 4.99 Å². The van der Waals surface area contributed by atoms with Crippen molar-refractivity contribution in [1.82, 2.24) is 0 Å². The Morgan fingerprint density at radius 2 is 1.43 bits per heavy atom. The molecular weight excluding hydrogens is 353 g/mol. The van der Waals surface area contributed by atoms with E-state index in [0.717, 1.165) is 11.1 Å². The summed E-state index contributed by atoms with van der Waals surface area (Å²) in [7, 11) is 0. The summed E-state index contributed by atoms with van der Waals surface area (Å²) in [6.45, 7) is 3.95. The minimum absolute atomic E-state index is 0.0302. The maximum atomic E-state index is 13.6. The number of halogens is 1. The Morgan fingerprint density at radius 1 is 0.893 bits per heavy atom.